The molecule has 0 fully saturated rings. The van der Waals surface area contributed by atoms with Crippen LogP contribution in [0.15, 0.2) is 30.5 Å². The number of carboxylic acid groups (broad SMARTS) is 2. The van der Waals surface area contributed by atoms with Gasteiger partial charge in [-0.05, 0) is 25.0 Å². The van der Waals surface area contributed by atoms with Crippen LogP contribution in [-0.2, 0) is 25.6 Å². The predicted molar refractivity (Wildman–Crippen MR) is 104 cm³/mol. The monoisotopic (exact) mass is 404 g/mol. The second-order valence-corrected chi connectivity index (χ2v) is 6.73. The molecule has 2 amide bonds. The van der Waals surface area contributed by atoms with Crippen molar-refractivity contribution in [3.8, 4) is 0 Å². The Labute approximate surface area is 166 Å². The Balaban J connectivity index is 2.18. The number of carbonyl (C=O) groups is 4. The van der Waals surface area contributed by atoms with Gasteiger partial charge in [0.2, 0.25) is 11.8 Å². The third kappa shape index (κ3) is 6.04. The van der Waals surface area contributed by atoms with Crippen molar-refractivity contribution in [2.45, 2.75) is 44.3 Å². The Morgan fingerprint density at radius 1 is 1.10 bits per heavy atom. The molecular weight excluding hydrogens is 380 g/mol. The van der Waals surface area contributed by atoms with E-state index in [-0.39, 0.29) is 19.3 Å². The fourth-order valence-electron chi connectivity index (χ4n) is 2.79. The second-order valence-electron chi connectivity index (χ2n) is 6.73. The number of amides is 2. The summed E-state index contributed by atoms with van der Waals surface area (Å²) >= 11 is 0. The van der Waals surface area contributed by atoms with Crippen LogP contribution in [0, 0.1) is 0 Å². The summed E-state index contributed by atoms with van der Waals surface area (Å²) in [6.45, 7) is 1.31. The number of nitrogens with two attached hydrogens (primary N) is 1. The first-order valence-corrected chi connectivity index (χ1v) is 9.05. The number of nitrogens with one attached hydrogen (secondary N) is 3. The van der Waals surface area contributed by atoms with Crippen LogP contribution >= 0.6 is 0 Å². The topological polar surface area (TPSA) is 175 Å². The van der Waals surface area contributed by atoms with Crippen LogP contribution in [-0.4, -0.2) is 57.1 Å². The van der Waals surface area contributed by atoms with Gasteiger partial charge >= 0.3 is 11.9 Å². The zero-order valence-electron chi connectivity index (χ0n) is 15.8. The fraction of sp³-hybridized carbons (Fsp3) is 0.368. The SMILES string of the molecule is C[C@H](NC(=O)[C@H](Cc1c[nH]c2ccccc12)NC(=O)[C@@H](N)CCC(=O)O)C(=O)O. The maximum atomic E-state index is 12.6. The van der Waals surface area contributed by atoms with Gasteiger partial charge in [0.25, 0.3) is 0 Å². The number of carbonyl (C=O) groups excluding carboxylic acids is 2. The van der Waals surface area contributed by atoms with Crippen molar-refractivity contribution in [2.24, 2.45) is 5.73 Å². The lowest BCUT2D eigenvalue weighted by atomic mass is 10.0. The first-order valence-electron chi connectivity index (χ1n) is 9.05. The highest BCUT2D eigenvalue weighted by Gasteiger charge is 2.27. The molecule has 10 heteroatoms. The molecule has 0 saturated heterocycles. The molecule has 0 spiro atoms. The smallest absolute Gasteiger partial charge is 0.325 e. The Kier molecular flexibility index (Phi) is 7.32. The Bertz CT molecular complexity index is 909. The van der Waals surface area contributed by atoms with Gasteiger partial charge in [-0.3, -0.25) is 19.2 Å². The van der Waals surface area contributed by atoms with Crippen molar-refractivity contribution in [1.82, 2.24) is 15.6 Å². The molecule has 1 aromatic heterocycles. The van der Waals surface area contributed by atoms with Crippen LogP contribution in [0.5, 0.6) is 0 Å². The second kappa shape index (κ2) is 9.69. The summed E-state index contributed by atoms with van der Waals surface area (Å²) in [4.78, 5) is 49.7. The van der Waals surface area contributed by atoms with Crippen LogP contribution in [0.2, 0.25) is 0 Å². The van der Waals surface area contributed by atoms with Gasteiger partial charge in [0.15, 0.2) is 0 Å². The average molecular weight is 404 g/mol. The first-order chi connectivity index (χ1) is 13.7. The van der Waals surface area contributed by atoms with Gasteiger partial charge in [-0.25, -0.2) is 0 Å². The van der Waals surface area contributed by atoms with E-state index in [9.17, 15) is 19.2 Å². The average Bonchev–Trinajstić information content (AvgIpc) is 3.08. The van der Waals surface area contributed by atoms with Gasteiger partial charge in [0.1, 0.15) is 12.1 Å². The summed E-state index contributed by atoms with van der Waals surface area (Å²) in [6, 6.07) is 4.06. The third-order valence-electron chi connectivity index (χ3n) is 4.47. The molecule has 1 heterocycles. The molecule has 0 bridgehead atoms. The zero-order valence-corrected chi connectivity index (χ0v) is 15.8. The summed E-state index contributed by atoms with van der Waals surface area (Å²) in [5, 5.41) is 23.5. The van der Waals surface area contributed by atoms with Crippen molar-refractivity contribution in [1.29, 1.82) is 0 Å². The summed E-state index contributed by atoms with van der Waals surface area (Å²) in [6.07, 6.45) is 1.43. The number of para-hydroxylation sites is 1. The van der Waals surface area contributed by atoms with E-state index in [0.29, 0.717) is 0 Å². The number of aromatic amines is 1. The van der Waals surface area contributed by atoms with Gasteiger partial charge in [0.05, 0.1) is 6.04 Å². The molecule has 2 aromatic rings. The maximum absolute atomic E-state index is 12.6. The van der Waals surface area contributed by atoms with Crippen molar-refractivity contribution in [3.63, 3.8) is 0 Å². The van der Waals surface area contributed by atoms with Crippen molar-refractivity contribution in [2.75, 3.05) is 0 Å². The highest BCUT2D eigenvalue weighted by molar-refractivity contribution is 5.93. The molecule has 156 valence electrons. The molecule has 29 heavy (non-hydrogen) atoms. The normalized spacial score (nSPS) is 14.0. The quantitative estimate of drug-likeness (QED) is 0.322. The van der Waals surface area contributed by atoms with Gasteiger partial charge in [-0.15, -0.1) is 0 Å². The van der Waals surface area contributed by atoms with Crippen LogP contribution in [0.1, 0.15) is 25.3 Å². The van der Waals surface area contributed by atoms with E-state index in [1.807, 2.05) is 24.3 Å². The van der Waals surface area contributed by atoms with E-state index in [2.05, 4.69) is 15.6 Å². The van der Waals surface area contributed by atoms with E-state index in [0.717, 1.165) is 16.5 Å². The van der Waals surface area contributed by atoms with E-state index >= 15 is 0 Å². The Morgan fingerprint density at radius 2 is 1.79 bits per heavy atom. The summed E-state index contributed by atoms with van der Waals surface area (Å²) < 4.78 is 0. The predicted octanol–water partition coefficient (Wildman–Crippen LogP) is -0.0234. The van der Waals surface area contributed by atoms with Crippen LogP contribution in [0.25, 0.3) is 10.9 Å². The lowest BCUT2D eigenvalue weighted by Gasteiger charge is -2.21. The van der Waals surface area contributed by atoms with Crippen molar-refractivity contribution < 1.29 is 29.4 Å². The van der Waals surface area contributed by atoms with E-state index < -0.39 is 41.9 Å². The highest BCUT2D eigenvalue weighted by atomic mass is 16.4. The molecule has 0 radical (unpaired) electrons. The summed E-state index contributed by atoms with van der Waals surface area (Å²) in [5.74, 6) is -3.66. The molecule has 3 atom stereocenters. The maximum Gasteiger partial charge on any atom is 0.325 e. The number of fused-ring (bicyclic) bond motifs is 1. The molecule has 10 nitrogen and oxygen atoms in total. The lowest BCUT2D eigenvalue weighted by molar-refractivity contribution is -0.141. The minimum atomic E-state index is -1.21. The van der Waals surface area contributed by atoms with Crippen LogP contribution < -0.4 is 16.4 Å². The van der Waals surface area contributed by atoms with Crippen LogP contribution in [0.3, 0.4) is 0 Å². The molecule has 0 aliphatic rings. The number of benzene rings is 1. The first kappa shape index (κ1) is 21.9. The standard InChI is InChI=1S/C19H24N4O6/c1-10(19(28)29)22-18(27)15(23-17(26)13(20)6-7-16(24)25)8-11-9-21-14-5-3-2-4-12(11)14/h2-5,9-10,13,15,21H,6-8,20H2,1H3,(H,22,27)(H,23,26)(H,24,25)(H,28,29)/t10-,13-,15-/m0/s1. The largest absolute Gasteiger partial charge is 0.481 e. The third-order valence-corrected chi connectivity index (χ3v) is 4.47. The number of aliphatic carboxylic acids is 2. The summed E-state index contributed by atoms with van der Waals surface area (Å²) in [7, 11) is 0. The summed E-state index contributed by atoms with van der Waals surface area (Å²) in [5.41, 5.74) is 7.32. The van der Waals surface area contributed by atoms with Crippen molar-refractivity contribution in [3.05, 3.63) is 36.0 Å². The van der Waals surface area contributed by atoms with Crippen molar-refractivity contribution >= 4 is 34.7 Å². The minimum Gasteiger partial charge on any atom is -0.481 e. The lowest BCUT2D eigenvalue weighted by Crippen LogP contribution is -2.54. The minimum absolute atomic E-state index is 0.0892. The number of H-pyrrole nitrogens is 1. The number of hydrogen-bond donors (Lipinski definition) is 6. The number of hydrogen-bond acceptors (Lipinski definition) is 5. The Hall–Kier alpha value is -3.40. The fourth-order valence-corrected chi connectivity index (χ4v) is 2.79. The van der Waals surface area contributed by atoms with E-state index in [1.54, 1.807) is 6.20 Å². The van der Waals surface area contributed by atoms with Gasteiger partial charge in [-0.2, -0.15) is 0 Å². The molecule has 0 unspecified atom stereocenters. The van der Waals surface area contributed by atoms with Gasteiger partial charge in [0, 0.05) is 29.9 Å². The zero-order chi connectivity index (χ0) is 21.6. The van der Waals surface area contributed by atoms with E-state index in [1.165, 1.54) is 6.92 Å². The number of rotatable bonds is 10. The molecule has 1 aromatic carbocycles. The van der Waals surface area contributed by atoms with Gasteiger partial charge < -0.3 is 31.6 Å². The highest BCUT2D eigenvalue weighted by Crippen LogP contribution is 2.19. The molecule has 2 rings (SSSR count). The molecule has 0 saturated carbocycles. The Morgan fingerprint density at radius 3 is 2.45 bits per heavy atom. The number of carboxylic acids is 2. The van der Waals surface area contributed by atoms with Gasteiger partial charge in [-0.1, -0.05) is 18.2 Å². The molecule has 7 N–H and O–H groups in total. The number of aromatic nitrogens is 1. The molecular formula is C19H24N4O6. The van der Waals surface area contributed by atoms with E-state index in [4.69, 9.17) is 15.9 Å². The van der Waals surface area contributed by atoms with Crippen LogP contribution in [0.4, 0.5) is 0 Å². The molecule has 0 aliphatic carbocycles. The molecule has 0 aliphatic heterocycles.